The summed E-state index contributed by atoms with van der Waals surface area (Å²) in [6.45, 7) is 4.15. The van der Waals surface area contributed by atoms with E-state index < -0.39 is 0 Å². The summed E-state index contributed by atoms with van der Waals surface area (Å²) in [6.07, 6.45) is 2.06. The number of carbonyl (C=O) groups is 1. The second-order valence-electron chi connectivity index (χ2n) is 4.97. The molecule has 0 spiro atoms. The number of hydrogen-bond donors (Lipinski definition) is 0. The van der Waals surface area contributed by atoms with Gasteiger partial charge in [-0.2, -0.15) is 0 Å². The molecule has 0 aliphatic heterocycles. The average Bonchev–Trinajstić information content (AvgIpc) is 2.45. The number of fused-ring (bicyclic) bond motifs is 2. The molecule has 0 amide bonds. The smallest absolute Gasteiger partial charge is 0.156 e. The van der Waals surface area contributed by atoms with Crippen LogP contribution in [0.1, 0.15) is 26.7 Å². The Morgan fingerprint density at radius 1 is 1.43 bits per heavy atom. The SMILES string of the molecule is CC1(C)C(=O)[C@]2(Br)CC[C@]1(CBr)[C@H]2Br. The van der Waals surface area contributed by atoms with Gasteiger partial charge in [0.15, 0.2) is 5.78 Å². The van der Waals surface area contributed by atoms with Gasteiger partial charge in [-0.05, 0) is 12.8 Å². The molecular weight excluding hydrogens is 376 g/mol. The first kappa shape index (κ1) is 11.6. The summed E-state index contributed by atoms with van der Waals surface area (Å²) in [5.41, 5.74) is -0.153. The van der Waals surface area contributed by atoms with Crippen LogP contribution in [0.25, 0.3) is 0 Å². The van der Waals surface area contributed by atoms with Gasteiger partial charge in [0.25, 0.3) is 0 Å². The molecule has 0 aromatic carbocycles. The van der Waals surface area contributed by atoms with Crippen molar-refractivity contribution in [2.24, 2.45) is 10.8 Å². The van der Waals surface area contributed by atoms with Gasteiger partial charge in [-0.25, -0.2) is 0 Å². The Labute approximate surface area is 110 Å². The second-order valence-corrected chi connectivity index (χ2v) is 7.86. The number of hydrogen-bond acceptors (Lipinski definition) is 1. The minimum Gasteiger partial charge on any atom is -0.297 e. The second kappa shape index (κ2) is 3.07. The van der Waals surface area contributed by atoms with Crippen LogP contribution in [0.3, 0.4) is 0 Å². The molecule has 3 atom stereocenters. The van der Waals surface area contributed by atoms with Crippen molar-refractivity contribution >= 4 is 53.6 Å². The highest BCUT2D eigenvalue weighted by Gasteiger charge is 2.73. The fourth-order valence-electron chi connectivity index (χ4n) is 3.00. The molecule has 0 aromatic rings. The Kier molecular flexibility index (Phi) is 2.54. The molecule has 0 radical (unpaired) electrons. The van der Waals surface area contributed by atoms with E-state index in [1.165, 1.54) is 0 Å². The number of ketones is 1. The molecule has 2 aliphatic rings. The van der Waals surface area contributed by atoms with Gasteiger partial charge in [0.05, 0.1) is 4.32 Å². The highest BCUT2D eigenvalue weighted by atomic mass is 79.9. The first-order chi connectivity index (χ1) is 6.33. The standard InChI is InChI=1S/C10H13Br3O/c1-8(2)7(14)10(13)4-3-9(8,5-11)6(10)12/h6H,3-5H2,1-2H3/t6-,9+,10+/m1/s1. The molecule has 0 heterocycles. The van der Waals surface area contributed by atoms with E-state index in [-0.39, 0.29) is 20.0 Å². The van der Waals surface area contributed by atoms with Crippen LogP contribution in [0, 0.1) is 10.8 Å². The molecule has 0 unspecified atom stereocenters. The van der Waals surface area contributed by atoms with Gasteiger partial charge in [-0.1, -0.05) is 61.6 Å². The maximum absolute atomic E-state index is 12.3. The fourth-order valence-corrected chi connectivity index (χ4v) is 7.27. The predicted octanol–water partition coefficient (Wildman–Crippen LogP) is 3.67. The monoisotopic (exact) mass is 386 g/mol. The van der Waals surface area contributed by atoms with E-state index in [9.17, 15) is 4.79 Å². The quantitative estimate of drug-likeness (QED) is 0.626. The molecule has 2 fully saturated rings. The lowest BCUT2D eigenvalue weighted by Crippen LogP contribution is -2.43. The topological polar surface area (TPSA) is 17.1 Å². The lowest BCUT2D eigenvalue weighted by Gasteiger charge is -2.40. The Bertz CT molecular complexity index is 302. The third kappa shape index (κ3) is 0.988. The van der Waals surface area contributed by atoms with Crippen molar-refractivity contribution in [3.8, 4) is 0 Å². The fraction of sp³-hybridized carbons (Fsp3) is 0.900. The first-order valence-corrected chi connectivity index (χ1v) is 7.60. The van der Waals surface area contributed by atoms with Crippen LogP contribution in [0.4, 0.5) is 0 Å². The minimum atomic E-state index is -0.315. The average molecular weight is 389 g/mol. The van der Waals surface area contributed by atoms with Gasteiger partial charge in [0.2, 0.25) is 0 Å². The zero-order valence-corrected chi connectivity index (χ0v) is 13.0. The van der Waals surface area contributed by atoms with E-state index in [4.69, 9.17) is 0 Å². The van der Waals surface area contributed by atoms with E-state index in [2.05, 4.69) is 61.6 Å². The largest absolute Gasteiger partial charge is 0.297 e. The van der Waals surface area contributed by atoms with Crippen molar-refractivity contribution in [2.45, 2.75) is 35.8 Å². The molecule has 1 nitrogen and oxygen atoms in total. The van der Waals surface area contributed by atoms with Gasteiger partial charge in [0, 0.05) is 21.0 Å². The molecule has 2 bridgehead atoms. The summed E-state index contributed by atoms with van der Waals surface area (Å²) in [4.78, 5) is 12.5. The summed E-state index contributed by atoms with van der Waals surface area (Å²) < 4.78 is -0.315. The first-order valence-electron chi connectivity index (χ1n) is 4.77. The molecular formula is C10H13Br3O. The number of halogens is 3. The van der Waals surface area contributed by atoms with Crippen molar-refractivity contribution in [3.05, 3.63) is 0 Å². The zero-order chi connectivity index (χ0) is 10.8. The molecule has 14 heavy (non-hydrogen) atoms. The maximum atomic E-state index is 12.3. The summed E-state index contributed by atoms with van der Waals surface area (Å²) in [7, 11) is 0. The third-order valence-electron chi connectivity index (χ3n) is 4.25. The zero-order valence-electron chi connectivity index (χ0n) is 8.24. The van der Waals surface area contributed by atoms with E-state index in [0.717, 1.165) is 18.2 Å². The lowest BCUT2D eigenvalue weighted by atomic mass is 9.65. The van der Waals surface area contributed by atoms with Gasteiger partial charge in [-0.15, -0.1) is 0 Å². The van der Waals surface area contributed by atoms with Gasteiger partial charge < -0.3 is 0 Å². The molecule has 2 saturated carbocycles. The van der Waals surface area contributed by atoms with E-state index >= 15 is 0 Å². The molecule has 4 heteroatoms. The van der Waals surface area contributed by atoms with Crippen LogP contribution in [0.2, 0.25) is 0 Å². The summed E-state index contributed by atoms with van der Waals surface area (Å²) >= 11 is 11.0. The summed E-state index contributed by atoms with van der Waals surface area (Å²) in [5, 5.41) is 0.891. The number of alkyl halides is 3. The van der Waals surface area contributed by atoms with Crippen molar-refractivity contribution in [1.29, 1.82) is 0 Å². The maximum Gasteiger partial charge on any atom is 0.156 e. The Morgan fingerprint density at radius 3 is 2.29 bits per heavy atom. The number of Topliss-reactive ketones (excluding diaryl/α,β-unsaturated/α-hetero) is 1. The van der Waals surface area contributed by atoms with Crippen molar-refractivity contribution in [3.63, 3.8) is 0 Å². The van der Waals surface area contributed by atoms with Crippen LogP contribution in [-0.2, 0) is 4.79 Å². The van der Waals surface area contributed by atoms with Crippen molar-refractivity contribution in [1.82, 2.24) is 0 Å². The predicted molar refractivity (Wildman–Crippen MR) is 68.6 cm³/mol. The molecule has 0 aromatic heterocycles. The molecule has 80 valence electrons. The summed E-state index contributed by atoms with van der Waals surface area (Å²) in [5.74, 6) is 0.359. The minimum absolute atomic E-state index is 0.0770. The van der Waals surface area contributed by atoms with E-state index in [1.54, 1.807) is 0 Å². The van der Waals surface area contributed by atoms with Crippen LogP contribution in [0.15, 0.2) is 0 Å². The van der Waals surface area contributed by atoms with Gasteiger partial charge in [-0.3, -0.25) is 4.79 Å². The highest BCUT2D eigenvalue weighted by molar-refractivity contribution is 9.13. The van der Waals surface area contributed by atoms with Crippen LogP contribution < -0.4 is 0 Å². The van der Waals surface area contributed by atoms with Crippen LogP contribution in [-0.4, -0.2) is 20.3 Å². The van der Waals surface area contributed by atoms with Crippen molar-refractivity contribution < 1.29 is 4.79 Å². The van der Waals surface area contributed by atoms with Crippen LogP contribution in [0.5, 0.6) is 0 Å². The van der Waals surface area contributed by atoms with E-state index in [1.807, 2.05) is 0 Å². The molecule has 0 N–H and O–H groups in total. The van der Waals surface area contributed by atoms with E-state index in [0.29, 0.717) is 5.78 Å². The molecule has 2 aliphatic carbocycles. The Balaban J connectivity index is 2.58. The van der Waals surface area contributed by atoms with Crippen LogP contribution >= 0.6 is 47.8 Å². The number of rotatable bonds is 1. The Morgan fingerprint density at radius 2 is 2.00 bits per heavy atom. The highest BCUT2D eigenvalue weighted by Crippen LogP contribution is 2.69. The van der Waals surface area contributed by atoms with Gasteiger partial charge in [0.1, 0.15) is 0 Å². The van der Waals surface area contributed by atoms with Gasteiger partial charge >= 0.3 is 0 Å². The Hall–Kier alpha value is 1.11. The number of carbonyl (C=O) groups excluding carboxylic acids is 1. The lowest BCUT2D eigenvalue weighted by molar-refractivity contribution is -0.131. The molecule has 2 rings (SSSR count). The third-order valence-corrected chi connectivity index (χ3v) is 8.74. The normalized spacial score (nSPS) is 50.1. The van der Waals surface area contributed by atoms with Crippen molar-refractivity contribution in [2.75, 3.05) is 5.33 Å². The summed E-state index contributed by atoms with van der Waals surface area (Å²) in [6, 6.07) is 0. The molecule has 0 saturated heterocycles.